The summed E-state index contributed by atoms with van der Waals surface area (Å²) in [6.07, 6.45) is 1.44. The molecule has 17 heavy (non-hydrogen) atoms. The predicted octanol–water partition coefficient (Wildman–Crippen LogP) is 2.68. The fourth-order valence-corrected chi connectivity index (χ4v) is 2.68. The van der Waals surface area contributed by atoms with Gasteiger partial charge in [-0.25, -0.2) is 0 Å². The first-order valence-electron chi connectivity index (χ1n) is 5.60. The molecule has 5 heteroatoms. The first-order chi connectivity index (χ1) is 8.11. The second kappa shape index (κ2) is 4.79. The normalized spacial score (nSPS) is 11.8. The van der Waals surface area contributed by atoms with Gasteiger partial charge < -0.3 is 9.17 Å². The van der Waals surface area contributed by atoms with E-state index in [0.29, 0.717) is 6.42 Å². The number of unbranched alkanes of at least 4 members (excludes halogenated alkanes) is 1. The Morgan fingerprint density at radius 2 is 2.06 bits per heavy atom. The highest BCUT2D eigenvalue weighted by Gasteiger charge is 2.13. The predicted molar refractivity (Wildman–Crippen MR) is 67.6 cm³/mol. The van der Waals surface area contributed by atoms with Crippen LogP contribution in [0.3, 0.4) is 0 Å². The summed E-state index contributed by atoms with van der Waals surface area (Å²) in [5, 5.41) is 0.938. The van der Waals surface area contributed by atoms with Crippen molar-refractivity contribution in [2.75, 3.05) is 5.75 Å². The number of benzene rings is 1. The van der Waals surface area contributed by atoms with Crippen LogP contribution in [-0.4, -0.2) is 19.2 Å². The van der Waals surface area contributed by atoms with Gasteiger partial charge in [-0.05, 0) is 12.5 Å². The molecule has 92 valence electrons. The maximum Gasteiger partial charge on any atom is 0.310 e. The van der Waals surface area contributed by atoms with Crippen LogP contribution in [0, 0.1) is 0 Å². The minimum atomic E-state index is -3.48. The molecule has 0 saturated carbocycles. The summed E-state index contributed by atoms with van der Waals surface area (Å²) >= 11 is 0. The van der Waals surface area contributed by atoms with Crippen molar-refractivity contribution in [1.29, 1.82) is 0 Å². The van der Waals surface area contributed by atoms with E-state index in [0.717, 1.165) is 17.3 Å². The molecule has 0 radical (unpaired) electrons. The molecule has 0 aliphatic carbocycles. The zero-order valence-corrected chi connectivity index (χ0v) is 10.5. The monoisotopic (exact) mass is 253 g/mol. The minimum Gasteiger partial charge on any atom is -0.364 e. The Morgan fingerprint density at radius 3 is 2.76 bits per heavy atom. The lowest BCUT2D eigenvalue weighted by Crippen LogP contribution is -2.13. The number of para-hydroxylation sites is 1. The lowest BCUT2D eigenvalue weighted by Gasteiger charge is -2.03. The summed E-state index contributed by atoms with van der Waals surface area (Å²) in [5.74, 6) is 0.334. The average molecular weight is 253 g/mol. The van der Waals surface area contributed by atoms with Gasteiger partial charge >= 0.3 is 10.1 Å². The fraction of sp³-hybridized carbons (Fsp3) is 0.333. The third-order valence-corrected chi connectivity index (χ3v) is 3.69. The van der Waals surface area contributed by atoms with Crippen LogP contribution in [0.15, 0.2) is 30.3 Å². The molecule has 0 spiro atoms. The molecule has 0 bridgehead atoms. The molecule has 1 N–H and O–H groups in total. The molecule has 2 rings (SSSR count). The molecular weight excluding hydrogens is 238 g/mol. The molecule has 0 fully saturated rings. The zero-order chi connectivity index (χ0) is 12.3. The van der Waals surface area contributed by atoms with Gasteiger partial charge in [-0.15, -0.1) is 0 Å². The minimum absolute atomic E-state index is 0.0544. The molecular formula is C12H15NO3S. The lowest BCUT2D eigenvalue weighted by atomic mass is 10.3. The summed E-state index contributed by atoms with van der Waals surface area (Å²) in [4.78, 5) is 2.93. The SMILES string of the molecule is CCCCS(=O)(=O)Oc1cc2ccccc2[nH]1. The topological polar surface area (TPSA) is 59.2 Å². The molecule has 1 heterocycles. The largest absolute Gasteiger partial charge is 0.364 e. The summed E-state index contributed by atoms with van der Waals surface area (Å²) in [7, 11) is -3.48. The van der Waals surface area contributed by atoms with Crippen LogP contribution < -0.4 is 4.18 Å². The molecule has 0 saturated heterocycles. The number of rotatable bonds is 5. The van der Waals surface area contributed by atoms with Gasteiger partial charge in [-0.1, -0.05) is 31.5 Å². The standard InChI is InChI=1S/C12H15NO3S/c1-2-3-8-17(14,15)16-12-9-10-6-4-5-7-11(10)13-12/h4-7,9,13H,2-3,8H2,1H3. The van der Waals surface area contributed by atoms with Crippen molar-refractivity contribution >= 4 is 21.0 Å². The van der Waals surface area contributed by atoms with Crippen molar-refractivity contribution in [1.82, 2.24) is 4.98 Å². The van der Waals surface area contributed by atoms with Crippen molar-refractivity contribution < 1.29 is 12.6 Å². The lowest BCUT2D eigenvalue weighted by molar-refractivity contribution is 0.476. The van der Waals surface area contributed by atoms with E-state index in [1.807, 2.05) is 31.2 Å². The maximum absolute atomic E-state index is 11.6. The highest BCUT2D eigenvalue weighted by Crippen LogP contribution is 2.21. The van der Waals surface area contributed by atoms with Gasteiger partial charge in [0.1, 0.15) is 0 Å². The Kier molecular flexibility index (Phi) is 3.38. The van der Waals surface area contributed by atoms with Gasteiger partial charge in [0, 0.05) is 17.0 Å². The Balaban J connectivity index is 2.18. The van der Waals surface area contributed by atoms with Crippen molar-refractivity contribution in [2.24, 2.45) is 0 Å². The van der Waals surface area contributed by atoms with Crippen molar-refractivity contribution in [3.8, 4) is 5.88 Å². The van der Waals surface area contributed by atoms with Crippen LogP contribution in [-0.2, 0) is 10.1 Å². The molecule has 4 nitrogen and oxygen atoms in total. The van der Waals surface area contributed by atoms with Crippen LogP contribution in [0.25, 0.3) is 10.9 Å². The van der Waals surface area contributed by atoms with Crippen molar-refractivity contribution in [3.05, 3.63) is 30.3 Å². The van der Waals surface area contributed by atoms with Crippen LogP contribution in [0.1, 0.15) is 19.8 Å². The van der Waals surface area contributed by atoms with E-state index in [9.17, 15) is 8.42 Å². The average Bonchev–Trinajstić information content (AvgIpc) is 2.67. The second-order valence-electron chi connectivity index (χ2n) is 3.92. The zero-order valence-electron chi connectivity index (χ0n) is 9.64. The van der Waals surface area contributed by atoms with Crippen LogP contribution >= 0.6 is 0 Å². The molecule has 0 unspecified atom stereocenters. The smallest absolute Gasteiger partial charge is 0.310 e. The molecule has 0 atom stereocenters. The number of aromatic nitrogens is 1. The Bertz CT molecular complexity index is 568. The first kappa shape index (κ1) is 12.0. The van der Waals surface area contributed by atoms with Gasteiger partial charge in [-0.2, -0.15) is 8.42 Å². The van der Waals surface area contributed by atoms with E-state index >= 15 is 0 Å². The van der Waals surface area contributed by atoms with Gasteiger partial charge in [0.25, 0.3) is 0 Å². The fourth-order valence-electron chi connectivity index (χ4n) is 1.59. The molecule has 1 aromatic carbocycles. The Hall–Kier alpha value is -1.49. The number of fused-ring (bicyclic) bond motifs is 1. The van der Waals surface area contributed by atoms with Crippen LogP contribution in [0.2, 0.25) is 0 Å². The molecule has 0 aliphatic rings. The van der Waals surface area contributed by atoms with E-state index in [4.69, 9.17) is 4.18 Å². The molecule has 0 amide bonds. The number of nitrogens with one attached hydrogen (secondary N) is 1. The van der Waals surface area contributed by atoms with E-state index in [1.54, 1.807) is 6.07 Å². The van der Waals surface area contributed by atoms with E-state index in [2.05, 4.69) is 4.98 Å². The van der Waals surface area contributed by atoms with Gasteiger partial charge in [-0.3, -0.25) is 0 Å². The summed E-state index contributed by atoms with van der Waals surface area (Å²) in [5.41, 5.74) is 0.869. The van der Waals surface area contributed by atoms with Gasteiger partial charge in [0.2, 0.25) is 5.88 Å². The maximum atomic E-state index is 11.6. The third kappa shape index (κ3) is 3.00. The molecule has 0 aliphatic heterocycles. The number of H-pyrrole nitrogens is 1. The van der Waals surface area contributed by atoms with E-state index < -0.39 is 10.1 Å². The van der Waals surface area contributed by atoms with Gasteiger partial charge in [0.15, 0.2) is 0 Å². The Morgan fingerprint density at radius 1 is 1.29 bits per heavy atom. The summed E-state index contributed by atoms with van der Waals surface area (Å²) in [6.45, 7) is 1.94. The third-order valence-electron chi connectivity index (χ3n) is 2.47. The number of hydrogen-bond donors (Lipinski definition) is 1. The van der Waals surface area contributed by atoms with Crippen LogP contribution in [0.4, 0.5) is 0 Å². The molecule has 2 aromatic rings. The second-order valence-corrected chi connectivity index (χ2v) is 5.61. The Labute approximate surface area is 101 Å². The number of aromatic amines is 1. The summed E-state index contributed by atoms with van der Waals surface area (Å²) in [6, 6.07) is 9.25. The highest BCUT2D eigenvalue weighted by atomic mass is 32.2. The van der Waals surface area contributed by atoms with Crippen LogP contribution in [0.5, 0.6) is 5.88 Å². The quantitative estimate of drug-likeness (QED) is 0.833. The first-order valence-corrected chi connectivity index (χ1v) is 7.18. The van der Waals surface area contributed by atoms with Crippen molar-refractivity contribution in [2.45, 2.75) is 19.8 Å². The van der Waals surface area contributed by atoms with E-state index in [-0.39, 0.29) is 11.6 Å². The summed E-state index contributed by atoms with van der Waals surface area (Å²) < 4.78 is 28.2. The highest BCUT2D eigenvalue weighted by molar-refractivity contribution is 7.87. The van der Waals surface area contributed by atoms with Gasteiger partial charge in [0.05, 0.1) is 5.75 Å². The van der Waals surface area contributed by atoms with E-state index in [1.165, 1.54) is 0 Å². The van der Waals surface area contributed by atoms with Crippen molar-refractivity contribution in [3.63, 3.8) is 0 Å². The molecule has 1 aromatic heterocycles. The number of hydrogen-bond acceptors (Lipinski definition) is 3.